The molecule has 0 aromatic rings. The van der Waals surface area contributed by atoms with Gasteiger partial charge in [-0.05, 0) is 12.3 Å². The van der Waals surface area contributed by atoms with E-state index in [0.29, 0.717) is 0 Å². The second kappa shape index (κ2) is 8.28. The maximum absolute atomic E-state index is 10.3. The summed E-state index contributed by atoms with van der Waals surface area (Å²) in [4.78, 5) is 16.9. The van der Waals surface area contributed by atoms with Crippen LogP contribution in [0.1, 0.15) is 52.4 Å². The lowest BCUT2D eigenvalue weighted by Gasteiger charge is -2.11. The monoisotopic (exact) mass is 238 g/mol. The summed E-state index contributed by atoms with van der Waals surface area (Å²) in [5.41, 5.74) is 0. The van der Waals surface area contributed by atoms with Crippen LogP contribution in [0, 0.1) is 5.92 Å². The zero-order valence-corrected chi connectivity index (χ0v) is 10.6. The highest BCUT2D eigenvalue weighted by molar-refractivity contribution is 7.46. The van der Waals surface area contributed by atoms with Crippen molar-refractivity contribution < 1.29 is 18.9 Å². The minimum Gasteiger partial charge on any atom is -0.303 e. The Kier molecular flexibility index (Phi) is 8.34. The minimum absolute atomic E-state index is 0.160. The molecule has 0 amide bonds. The Morgan fingerprint density at radius 2 is 1.73 bits per heavy atom. The second-order valence-electron chi connectivity index (χ2n) is 3.86. The minimum atomic E-state index is -4.24. The van der Waals surface area contributed by atoms with Crippen LogP contribution < -0.4 is 0 Å². The summed E-state index contributed by atoms with van der Waals surface area (Å²) in [6.07, 6.45) is 6.48. The lowest BCUT2D eigenvalue weighted by atomic mass is 9.96. The molecule has 0 saturated heterocycles. The molecule has 0 heterocycles. The van der Waals surface area contributed by atoms with Gasteiger partial charge in [-0.3, -0.25) is 4.52 Å². The average Bonchev–Trinajstić information content (AvgIpc) is 2.15. The predicted molar refractivity (Wildman–Crippen MR) is 60.5 cm³/mol. The molecule has 0 aromatic carbocycles. The molecule has 0 aliphatic carbocycles. The van der Waals surface area contributed by atoms with Gasteiger partial charge < -0.3 is 9.79 Å². The Hall–Kier alpha value is 0.110. The topological polar surface area (TPSA) is 66.8 Å². The molecule has 5 heteroatoms. The van der Waals surface area contributed by atoms with E-state index in [-0.39, 0.29) is 6.61 Å². The molecule has 0 atom stereocenters. The van der Waals surface area contributed by atoms with Crippen molar-refractivity contribution in [2.45, 2.75) is 52.4 Å². The molecular weight excluding hydrogens is 215 g/mol. The van der Waals surface area contributed by atoms with Gasteiger partial charge in [0.2, 0.25) is 0 Å². The van der Waals surface area contributed by atoms with E-state index in [2.05, 4.69) is 18.4 Å². The molecule has 92 valence electrons. The lowest BCUT2D eigenvalue weighted by Crippen LogP contribution is -1.97. The largest absolute Gasteiger partial charge is 0.469 e. The maximum Gasteiger partial charge on any atom is 0.469 e. The van der Waals surface area contributed by atoms with Crippen molar-refractivity contribution in [3.8, 4) is 0 Å². The van der Waals surface area contributed by atoms with E-state index < -0.39 is 7.82 Å². The third-order valence-electron chi connectivity index (χ3n) is 2.67. The van der Waals surface area contributed by atoms with Crippen molar-refractivity contribution in [1.82, 2.24) is 0 Å². The number of hydrogen-bond donors (Lipinski definition) is 2. The van der Waals surface area contributed by atoms with E-state index in [1.54, 1.807) is 0 Å². The molecule has 0 unspecified atom stereocenters. The zero-order valence-electron chi connectivity index (χ0n) is 9.69. The first kappa shape index (κ1) is 15.1. The smallest absolute Gasteiger partial charge is 0.303 e. The van der Waals surface area contributed by atoms with Gasteiger partial charge in [-0.1, -0.05) is 46.0 Å². The van der Waals surface area contributed by atoms with Crippen LogP contribution in [-0.2, 0) is 9.09 Å². The first-order chi connectivity index (χ1) is 6.99. The van der Waals surface area contributed by atoms with Crippen LogP contribution in [0.2, 0.25) is 0 Å². The van der Waals surface area contributed by atoms with E-state index in [1.165, 1.54) is 19.3 Å². The maximum atomic E-state index is 10.3. The van der Waals surface area contributed by atoms with Gasteiger partial charge in [0.25, 0.3) is 0 Å². The predicted octanol–water partition coefficient (Wildman–Crippen LogP) is 3.09. The SMILES string of the molecule is CCC(CC)CCCCCOP(=O)(O)O. The third kappa shape index (κ3) is 10.4. The Bertz CT molecular complexity index is 186. The Labute approximate surface area is 92.3 Å². The summed E-state index contributed by atoms with van der Waals surface area (Å²) in [5.74, 6) is 0.799. The molecule has 0 spiro atoms. The van der Waals surface area contributed by atoms with Gasteiger partial charge in [-0.2, -0.15) is 0 Å². The van der Waals surface area contributed by atoms with Crippen molar-refractivity contribution in [2.24, 2.45) is 5.92 Å². The van der Waals surface area contributed by atoms with Crippen molar-refractivity contribution >= 4 is 7.82 Å². The Balaban J connectivity index is 3.28. The van der Waals surface area contributed by atoms with Crippen LogP contribution in [0.4, 0.5) is 0 Å². The van der Waals surface area contributed by atoms with Gasteiger partial charge in [0, 0.05) is 0 Å². The fourth-order valence-corrected chi connectivity index (χ4v) is 1.96. The molecule has 0 aliphatic rings. The highest BCUT2D eigenvalue weighted by atomic mass is 31.2. The van der Waals surface area contributed by atoms with Crippen molar-refractivity contribution in [3.63, 3.8) is 0 Å². The molecule has 0 aliphatic heterocycles. The first-order valence-electron chi connectivity index (χ1n) is 5.69. The molecule has 0 bridgehead atoms. The van der Waals surface area contributed by atoms with Gasteiger partial charge in [0.05, 0.1) is 6.61 Å². The van der Waals surface area contributed by atoms with E-state index in [1.807, 2.05) is 0 Å². The fourth-order valence-electron chi connectivity index (χ4n) is 1.59. The third-order valence-corrected chi connectivity index (χ3v) is 3.19. The lowest BCUT2D eigenvalue weighted by molar-refractivity contribution is 0.193. The van der Waals surface area contributed by atoms with Crippen LogP contribution in [-0.4, -0.2) is 16.4 Å². The first-order valence-corrected chi connectivity index (χ1v) is 7.22. The van der Waals surface area contributed by atoms with E-state index in [4.69, 9.17) is 9.79 Å². The summed E-state index contributed by atoms with van der Waals surface area (Å²) in [5, 5.41) is 0. The number of unbranched alkanes of at least 4 members (excludes halogenated alkanes) is 2. The van der Waals surface area contributed by atoms with Crippen LogP contribution in [0.5, 0.6) is 0 Å². The zero-order chi connectivity index (χ0) is 11.7. The van der Waals surface area contributed by atoms with Gasteiger partial charge in [0.15, 0.2) is 0 Å². The van der Waals surface area contributed by atoms with Crippen molar-refractivity contribution in [1.29, 1.82) is 0 Å². The van der Waals surface area contributed by atoms with Crippen LogP contribution in [0.25, 0.3) is 0 Å². The highest BCUT2D eigenvalue weighted by Gasteiger charge is 2.12. The molecule has 0 fully saturated rings. The number of phosphoric ester groups is 1. The van der Waals surface area contributed by atoms with Crippen LogP contribution in [0.15, 0.2) is 0 Å². The summed E-state index contributed by atoms with van der Waals surface area (Å²) in [6, 6.07) is 0. The molecular formula is C10H23O4P. The summed E-state index contributed by atoms with van der Waals surface area (Å²) >= 11 is 0. The Morgan fingerprint density at radius 1 is 1.13 bits per heavy atom. The standard InChI is InChI=1S/C10H23O4P/c1-3-10(4-2)8-6-5-7-9-14-15(11,12)13/h10H,3-9H2,1-2H3,(H2,11,12,13). The second-order valence-corrected chi connectivity index (χ2v) is 5.10. The summed E-state index contributed by atoms with van der Waals surface area (Å²) in [7, 11) is -4.24. The number of hydrogen-bond acceptors (Lipinski definition) is 2. The van der Waals surface area contributed by atoms with Crippen LogP contribution in [0.3, 0.4) is 0 Å². The van der Waals surface area contributed by atoms with Gasteiger partial charge in [-0.25, -0.2) is 4.57 Å². The van der Waals surface area contributed by atoms with E-state index in [9.17, 15) is 4.57 Å². The van der Waals surface area contributed by atoms with Gasteiger partial charge >= 0.3 is 7.82 Å². The van der Waals surface area contributed by atoms with Crippen molar-refractivity contribution in [3.05, 3.63) is 0 Å². The number of phosphoric acid groups is 1. The Morgan fingerprint density at radius 3 is 2.20 bits per heavy atom. The molecule has 0 saturated carbocycles. The molecule has 0 radical (unpaired) electrons. The molecule has 4 nitrogen and oxygen atoms in total. The van der Waals surface area contributed by atoms with Gasteiger partial charge in [-0.15, -0.1) is 0 Å². The molecule has 2 N–H and O–H groups in total. The quantitative estimate of drug-likeness (QED) is 0.478. The fraction of sp³-hybridized carbons (Fsp3) is 1.00. The highest BCUT2D eigenvalue weighted by Crippen LogP contribution is 2.35. The summed E-state index contributed by atoms with van der Waals surface area (Å²) in [6.45, 7) is 4.56. The van der Waals surface area contributed by atoms with E-state index >= 15 is 0 Å². The molecule has 15 heavy (non-hydrogen) atoms. The van der Waals surface area contributed by atoms with Crippen LogP contribution >= 0.6 is 7.82 Å². The molecule has 0 rings (SSSR count). The average molecular weight is 238 g/mol. The normalized spacial score (nSPS) is 12.3. The van der Waals surface area contributed by atoms with Gasteiger partial charge in [0.1, 0.15) is 0 Å². The number of rotatable bonds is 9. The molecule has 0 aromatic heterocycles. The summed E-state index contributed by atoms with van der Waals surface area (Å²) < 4.78 is 14.7. The van der Waals surface area contributed by atoms with Crippen molar-refractivity contribution in [2.75, 3.05) is 6.61 Å². The van der Waals surface area contributed by atoms with E-state index in [0.717, 1.165) is 25.2 Å².